The lowest BCUT2D eigenvalue weighted by Crippen LogP contribution is -2.01. The summed E-state index contributed by atoms with van der Waals surface area (Å²) in [5, 5.41) is 9.87. The molecule has 0 spiro atoms. The number of fused-ring (bicyclic) bond motifs is 1. The lowest BCUT2D eigenvalue weighted by molar-refractivity contribution is 0.101. The number of hydrogen-bond acceptors (Lipinski definition) is 5. The summed E-state index contributed by atoms with van der Waals surface area (Å²) in [5.74, 6) is 0.00885. The Bertz CT molecular complexity index is 608. The number of aromatic hydroxyl groups is 1. The van der Waals surface area contributed by atoms with Gasteiger partial charge in [-0.15, -0.1) is 0 Å². The molecule has 2 aromatic rings. The fraction of sp³-hybridized carbons (Fsp3) is 0.250. The first-order valence-corrected chi connectivity index (χ1v) is 5.10. The Morgan fingerprint density at radius 3 is 2.65 bits per heavy atom. The van der Waals surface area contributed by atoms with Gasteiger partial charge in [0.15, 0.2) is 5.78 Å². The van der Waals surface area contributed by atoms with E-state index in [-0.39, 0.29) is 17.1 Å². The number of ether oxygens (including phenoxy) is 1. The van der Waals surface area contributed by atoms with Gasteiger partial charge < -0.3 is 9.84 Å². The van der Waals surface area contributed by atoms with Crippen molar-refractivity contribution in [2.45, 2.75) is 13.8 Å². The molecule has 5 nitrogen and oxygen atoms in total. The van der Waals surface area contributed by atoms with Crippen LogP contribution in [-0.4, -0.2) is 28.0 Å². The standard InChI is InChI=1S/C12H12N2O3/c1-6-12(16)10(7(2)15)11-8(13-6)4-5-9(14-11)17-3/h4-5,16H,1-3H3. The van der Waals surface area contributed by atoms with Crippen molar-refractivity contribution < 1.29 is 14.6 Å². The van der Waals surface area contributed by atoms with E-state index in [9.17, 15) is 9.90 Å². The van der Waals surface area contributed by atoms with Crippen LogP contribution < -0.4 is 4.74 Å². The molecule has 0 saturated heterocycles. The average molecular weight is 232 g/mol. The molecule has 2 rings (SSSR count). The number of pyridine rings is 2. The van der Waals surface area contributed by atoms with Gasteiger partial charge in [-0.25, -0.2) is 9.97 Å². The first-order chi connectivity index (χ1) is 8.04. The van der Waals surface area contributed by atoms with Crippen LogP contribution in [0, 0.1) is 6.92 Å². The molecule has 0 bridgehead atoms. The van der Waals surface area contributed by atoms with Crippen molar-refractivity contribution in [3.8, 4) is 11.6 Å². The number of rotatable bonds is 2. The van der Waals surface area contributed by atoms with Gasteiger partial charge in [-0.3, -0.25) is 4.79 Å². The van der Waals surface area contributed by atoms with Gasteiger partial charge in [-0.2, -0.15) is 0 Å². The Morgan fingerprint density at radius 2 is 2.06 bits per heavy atom. The fourth-order valence-corrected chi connectivity index (χ4v) is 1.68. The minimum atomic E-state index is -0.251. The average Bonchev–Trinajstić information content (AvgIpc) is 2.29. The third-order valence-electron chi connectivity index (χ3n) is 2.51. The highest BCUT2D eigenvalue weighted by Gasteiger charge is 2.17. The highest BCUT2D eigenvalue weighted by Crippen LogP contribution is 2.28. The summed E-state index contributed by atoms with van der Waals surface area (Å²) in [7, 11) is 1.49. The van der Waals surface area contributed by atoms with E-state index < -0.39 is 0 Å². The molecule has 0 aliphatic rings. The minimum Gasteiger partial charge on any atom is -0.505 e. The molecular formula is C12H12N2O3. The Labute approximate surface area is 98.1 Å². The van der Waals surface area contributed by atoms with E-state index in [1.165, 1.54) is 14.0 Å². The Kier molecular flexibility index (Phi) is 2.67. The number of Topliss-reactive ketones (excluding diaryl/α,β-unsaturated/α-hetero) is 1. The number of ketones is 1. The Morgan fingerprint density at radius 1 is 1.35 bits per heavy atom. The molecule has 88 valence electrons. The van der Waals surface area contributed by atoms with E-state index in [1.807, 2.05) is 0 Å². The lowest BCUT2D eigenvalue weighted by atomic mass is 10.1. The van der Waals surface area contributed by atoms with E-state index in [4.69, 9.17) is 4.74 Å². The maximum atomic E-state index is 11.6. The number of methoxy groups -OCH3 is 1. The zero-order chi connectivity index (χ0) is 12.6. The van der Waals surface area contributed by atoms with E-state index in [0.29, 0.717) is 22.6 Å². The number of carbonyl (C=O) groups excluding carboxylic acids is 1. The molecule has 0 unspecified atom stereocenters. The molecule has 0 saturated carbocycles. The molecule has 0 aliphatic carbocycles. The van der Waals surface area contributed by atoms with Crippen molar-refractivity contribution in [2.24, 2.45) is 0 Å². The molecule has 0 aliphatic heterocycles. The van der Waals surface area contributed by atoms with Crippen molar-refractivity contribution in [1.82, 2.24) is 9.97 Å². The van der Waals surface area contributed by atoms with Crippen LogP contribution in [0.4, 0.5) is 0 Å². The molecule has 0 aromatic carbocycles. The zero-order valence-corrected chi connectivity index (χ0v) is 9.81. The van der Waals surface area contributed by atoms with Crippen LogP contribution in [-0.2, 0) is 0 Å². The van der Waals surface area contributed by atoms with Gasteiger partial charge in [0.05, 0.1) is 23.9 Å². The molecule has 2 heterocycles. The summed E-state index contributed by atoms with van der Waals surface area (Å²) >= 11 is 0. The smallest absolute Gasteiger partial charge is 0.213 e. The Balaban J connectivity index is 2.89. The number of aromatic nitrogens is 2. The van der Waals surface area contributed by atoms with Crippen LogP contribution in [0.3, 0.4) is 0 Å². The first-order valence-electron chi connectivity index (χ1n) is 5.10. The van der Waals surface area contributed by atoms with E-state index in [2.05, 4.69) is 9.97 Å². The summed E-state index contributed by atoms with van der Waals surface area (Å²) in [6.45, 7) is 3.03. The first kappa shape index (κ1) is 11.3. The van der Waals surface area contributed by atoms with Crippen molar-refractivity contribution in [3.05, 3.63) is 23.4 Å². The van der Waals surface area contributed by atoms with Crippen molar-refractivity contribution in [1.29, 1.82) is 0 Å². The van der Waals surface area contributed by atoms with Crippen LogP contribution in [0.15, 0.2) is 12.1 Å². The molecule has 0 fully saturated rings. The summed E-state index contributed by atoms with van der Waals surface area (Å²) < 4.78 is 5.00. The van der Waals surface area contributed by atoms with Crippen molar-refractivity contribution in [3.63, 3.8) is 0 Å². The number of nitrogens with zero attached hydrogens (tertiary/aromatic N) is 2. The van der Waals surface area contributed by atoms with Gasteiger partial charge in [0.25, 0.3) is 0 Å². The SMILES string of the molecule is COc1ccc2nc(C)c(O)c(C(C)=O)c2n1. The number of carbonyl (C=O) groups is 1. The predicted octanol–water partition coefficient (Wildman–Crippen LogP) is 1.86. The van der Waals surface area contributed by atoms with Crippen LogP contribution >= 0.6 is 0 Å². The van der Waals surface area contributed by atoms with Gasteiger partial charge in [0.2, 0.25) is 5.88 Å². The number of aryl methyl sites for hydroxylation is 1. The fourth-order valence-electron chi connectivity index (χ4n) is 1.68. The third kappa shape index (κ3) is 1.80. The minimum absolute atomic E-state index is 0.120. The maximum absolute atomic E-state index is 11.6. The van der Waals surface area contributed by atoms with Gasteiger partial charge in [0, 0.05) is 6.07 Å². The van der Waals surface area contributed by atoms with Gasteiger partial charge >= 0.3 is 0 Å². The normalized spacial score (nSPS) is 10.5. The molecular weight excluding hydrogens is 220 g/mol. The van der Waals surface area contributed by atoms with E-state index >= 15 is 0 Å². The molecule has 0 radical (unpaired) electrons. The second-order valence-electron chi connectivity index (χ2n) is 3.70. The Hall–Kier alpha value is -2.17. The van der Waals surface area contributed by atoms with Crippen molar-refractivity contribution in [2.75, 3.05) is 7.11 Å². The highest BCUT2D eigenvalue weighted by molar-refractivity contribution is 6.07. The summed E-state index contributed by atoms with van der Waals surface area (Å²) in [6.07, 6.45) is 0. The predicted molar refractivity (Wildman–Crippen MR) is 62.5 cm³/mol. The third-order valence-corrected chi connectivity index (χ3v) is 2.51. The van der Waals surface area contributed by atoms with Gasteiger partial charge in [-0.1, -0.05) is 0 Å². The number of hydrogen-bond donors (Lipinski definition) is 1. The maximum Gasteiger partial charge on any atom is 0.213 e. The molecule has 0 atom stereocenters. The molecule has 1 N–H and O–H groups in total. The molecule has 17 heavy (non-hydrogen) atoms. The summed E-state index contributed by atoms with van der Waals surface area (Å²) in [6, 6.07) is 3.37. The topological polar surface area (TPSA) is 72.3 Å². The quantitative estimate of drug-likeness (QED) is 0.800. The van der Waals surface area contributed by atoms with Gasteiger partial charge in [-0.05, 0) is 19.9 Å². The van der Waals surface area contributed by atoms with Crippen molar-refractivity contribution >= 4 is 16.8 Å². The monoisotopic (exact) mass is 232 g/mol. The summed E-state index contributed by atoms with van der Waals surface area (Å²) in [4.78, 5) is 19.9. The molecule has 2 aromatic heterocycles. The molecule has 5 heteroatoms. The van der Waals surface area contributed by atoms with E-state index in [1.54, 1.807) is 19.1 Å². The van der Waals surface area contributed by atoms with Crippen LogP contribution in [0.1, 0.15) is 23.0 Å². The van der Waals surface area contributed by atoms with Crippen LogP contribution in [0.2, 0.25) is 0 Å². The van der Waals surface area contributed by atoms with Gasteiger partial charge in [0.1, 0.15) is 11.3 Å². The lowest BCUT2D eigenvalue weighted by Gasteiger charge is -2.08. The summed E-state index contributed by atoms with van der Waals surface area (Å²) in [5.41, 5.74) is 1.52. The second-order valence-corrected chi connectivity index (χ2v) is 3.70. The molecule has 0 amide bonds. The second kappa shape index (κ2) is 4.01. The van der Waals surface area contributed by atoms with E-state index in [0.717, 1.165) is 0 Å². The van der Waals surface area contributed by atoms with Crippen LogP contribution in [0.25, 0.3) is 11.0 Å². The largest absolute Gasteiger partial charge is 0.505 e. The van der Waals surface area contributed by atoms with Crippen LogP contribution in [0.5, 0.6) is 11.6 Å². The highest BCUT2D eigenvalue weighted by atomic mass is 16.5. The zero-order valence-electron chi connectivity index (χ0n) is 9.81.